The van der Waals surface area contributed by atoms with Gasteiger partial charge in [0.25, 0.3) is 0 Å². The van der Waals surface area contributed by atoms with Crippen molar-refractivity contribution >= 4 is 44.2 Å². The summed E-state index contributed by atoms with van der Waals surface area (Å²) in [6, 6.07) is 17.9. The zero-order chi connectivity index (χ0) is 18.9. The lowest BCUT2D eigenvalue weighted by Gasteiger charge is -2.05. The first-order chi connectivity index (χ1) is 13.8. The summed E-state index contributed by atoms with van der Waals surface area (Å²) in [6.07, 6.45) is 7.70. The monoisotopic (exact) mass is 382 g/mol. The molecular formula is C22H14N4OS. The summed E-state index contributed by atoms with van der Waals surface area (Å²) in [5.41, 5.74) is 4.43. The molecule has 1 N–H and O–H groups in total. The molecule has 0 saturated carbocycles. The van der Waals surface area contributed by atoms with Crippen LogP contribution in [0.3, 0.4) is 0 Å². The molecule has 0 spiro atoms. The lowest BCUT2D eigenvalue weighted by atomic mass is 10.1. The van der Waals surface area contributed by atoms with Crippen molar-refractivity contribution in [3.63, 3.8) is 0 Å². The Morgan fingerprint density at radius 1 is 1.04 bits per heavy atom. The summed E-state index contributed by atoms with van der Waals surface area (Å²) in [7, 11) is 0. The molecule has 3 aromatic heterocycles. The van der Waals surface area contributed by atoms with E-state index in [9.17, 15) is 0 Å². The van der Waals surface area contributed by atoms with Crippen molar-refractivity contribution in [1.82, 2.24) is 15.0 Å². The molecule has 0 atom stereocenters. The van der Waals surface area contributed by atoms with Crippen LogP contribution in [0.15, 0.2) is 65.3 Å². The van der Waals surface area contributed by atoms with Crippen LogP contribution in [0.2, 0.25) is 0 Å². The third kappa shape index (κ3) is 3.08. The second-order valence-electron chi connectivity index (χ2n) is 6.27. The average Bonchev–Trinajstić information content (AvgIpc) is 3.32. The van der Waals surface area contributed by atoms with Gasteiger partial charge in [0.05, 0.1) is 15.1 Å². The Kier molecular flexibility index (Phi) is 4.00. The minimum atomic E-state index is 0.662. The van der Waals surface area contributed by atoms with Crippen LogP contribution in [-0.4, -0.2) is 15.0 Å². The smallest absolute Gasteiger partial charge is 0.199 e. The van der Waals surface area contributed by atoms with Crippen molar-refractivity contribution in [2.45, 2.75) is 6.42 Å². The van der Waals surface area contributed by atoms with Crippen molar-refractivity contribution < 1.29 is 4.42 Å². The fraction of sp³-hybridized carbons (Fsp3) is 0.0455. The highest BCUT2D eigenvalue weighted by atomic mass is 32.1. The van der Waals surface area contributed by atoms with Crippen molar-refractivity contribution in [2.24, 2.45) is 0 Å². The Morgan fingerprint density at radius 3 is 2.79 bits per heavy atom. The first-order valence-corrected chi connectivity index (χ1v) is 9.52. The number of anilines is 2. The van der Waals surface area contributed by atoms with E-state index >= 15 is 0 Å². The predicted octanol–water partition coefficient (Wildman–Crippen LogP) is 5.15. The number of terminal acetylenes is 1. The Morgan fingerprint density at radius 2 is 1.93 bits per heavy atom. The molecule has 0 bridgehead atoms. The molecule has 0 radical (unpaired) electrons. The molecule has 0 unspecified atom stereocenters. The number of fused-ring (bicyclic) bond motifs is 2. The standard InChI is InChI=1S/C22H14N4OS/c1-2-16-12-18-21(28-16)22(24-13-23-18)25-15-8-9-17-19(11-15)27-20(26-17)10-14-6-4-3-5-7-14/h1,3-9,11-13H,10H2,(H,23,24,25). The summed E-state index contributed by atoms with van der Waals surface area (Å²) in [6.45, 7) is 0. The molecule has 0 saturated heterocycles. The summed E-state index contributed by atoms with van der Waals surface area (Å²) >= 11 is 1.49. The van der Waals surface area contributed by atoms with Crippen LogP contribution in [-0.2, 0) is 6.42 Å². The van der Waals surface area contributed by atoms with Crippen LogP contribution < -0.4 is 5.32 Å². The number of hydrogen-bond donors (Lipinski definition) is 1. The molecule has 5 rings (SSSR count). The van der Waals surface area contributed by atoms with E-state index in [1.54, 1.807) is 0 Å². The van der Waals surface area contributed by atoms with Gasteiger partial charge in [-0.1, -0.05) is 36.3 Å². The molecule has 6 heteroatoms. The van der Waals surface area contributed by atoms with Crippen LogP contribution in [0.25, 0.3) is 21.3 Å². The lowest BCUT2D eigenvalue weighted by Crippen LogP contribution is -1.94. The quantitative estimate of drug-likeness (QED) is 0.436. The number of aromatic nitrogens is 3. The van der Waals surface area contributed by atoms with Crippen molar-refractivity contribution in [3.05, 3.63) is 77.3 Å². The predicted molar refractivity (Wildman–Crippen MR) is 112 cm³/mol. The van der Waals surface area contributed by atoms with Crippen LogP contribution in [0, 0.1) is 12.3 Å². The molecule has 5 aromatic rings. The molecular weight excluding hydrogens is 368 g/mol. The maximum Gasteiger partial charge on any atom is 0.199 e. The fourth-order valence-corrected chi connectivity index (χ4v) is 3.91. The summed E-state index contributed by atoms with van der Waals surface area (Å²) in [4.78, 5) is 14.1. The van der Waals surface area contributed by atoms with Gasteiger partial charge in [-0.3, -0.25) is 0 Å². The fourth-order valence-electron chi connectivity index (χ4n) is 3.05. The maximum atomic E-state index is 5.95. The van der Waals surface area contributed by atoms with Gasteiger partial charge in [-0.25, -0.2) is 15.0 Å². The third-order valence-corrected chi connectivity index (χ3v) is 5.41. The Balaban J connectivity index is 1.45. The largest absolute Gasteiger partial charge is 0.440 e. The number of oxazole rings is 1. The normalized spacial score (nSPS) is 11.0. The van der Waals surface area contributed by atoms with E-state index in [1.165, 1.54) is 17.7 Å². The molecule has 0 aliphatic heterocycles. The van der Waals surface area contributed by atoms with Gasteiger partial charge in [0.2, 0.25) is 0 Å². The van der Waals surface area contributed by atoms with Gasteiger partial charge in [0.15, 0.2) is 17.3 Å². The zero-order valence-corrected chi connectivity index (χ0v) is 15.5. The molecule has 28 heavy (non-hydrogen) atoms. The number of benzene rings is 2. The van der Waals surface area contributed by atoms with Gasteiger partial charge in [0, 0.05) is 18.2 Å². The van der Waals surface area contributed by atoms with Crippen LogP contribution in [0.5, 0.6) is 0 Å². The van der Waals surface area contributed by atoms with Crippen LogP contribution >= 0.6 is 11.3 Å². The number of hydrogen-bond acceptors (Lipinski definition) is 6. The molecule has 0 aliphatic rings. The molecule has 2 aromatic carbocycles. The van der Waals surface area contributed by atoms with Gasteiger partial charge in [-0.2, -0.15) is 0 Å². The number of thiophene rings is 1. The highest BCUT2D eigenvalue weighted by Gasteiger charge is 2.11. The topological polar surface area (TPSA) is 63.8 Å². The minimum Gasteiger partial charge on any atom is -0.440 e. The van der Waals surface area contributed by atoms with Crippen molar-refractivity contribution in [3.8, 4) is 12.3 Å². The molecule has 5 nitrogen and oxygen atoms in total. The van der Waals surface area contributed by atoms with E-state index in [2.05, 4.69) is 38.3 Å². The Labute approximate surface area is 165 Å². The molecule has 0 amide bonds. The van der Waals surface area contributed by atoms with E-state index in [-0.39, 0.29) is 0 Å². The number of rotatable bonds is 4. The summed E-state index contributed by atoms with van der Waals surface area (Å²) in [5.74, 6) is 4.07. The first kappa shape index (κ1) is 16.5. The zero-order valence-electron chi connectivity index (χ0n) is 14.7. The first-order valence-electron chi connectivity index (χ1n) is 8.70. The van der Waals surface area contributed by atoms with Gasteiger partial charge in [-0.05, 0) is 23.8 Å². The van der Waals surface area contributed by atoms with Gasteiger partial charge in [-0.15, -0.1) is 17.8 Å². The minimum absolute atomic E-state index is 0.662. The molecule has 0 fully saturated rings. The van der Waals surface area contributed by atoms with Crippen LogP contribution in [0.4, 0.5) is 11.5 Å². The van der Waals surface area contributed by atoms with E-state index in [0.29, 0.717) is 12.3 Å². The number of nitrogens with one attached hydrogen (secondary N) is 1. The Hall–Kier alpha value is -3.69. The second-order valence-corrected chi connectivity index (χ2v) is 7.32. The average molecular weight is 382 g/mol. The Bertz CT molecular complexity index is 1330. The maximum absolute atomic E-state index is 5.95. The molecule has 0 aliphatic carbocycles. The van der Waals surface area contributed by atoms with Crippen molar-refractivity contribution in [1.29, 1.82) is 0 Å². The summed E-state index contributed by atoms with van der Waals surface area (Å²) < 4.78 is 6.88. The third-order valence-electron chi connectivity index (χ3n) is 4.35. The highest BCUT2D eigenvalue weighted by molar-refractivity contribution is 7.20. The van der Waals surface area contributed by atoms with E-state index in [0.717, 1.165) is 43.3 Å². The van der Waals surface area contributed by atoms with E-state index < -0.39 is 0 Å². The second kappa shape index (κ2) is 6.80. The number of nitrogens with zero attached hydrogens (tertiary/aromatic N) is 3. The molecule has 3 heterocycles. The lowest BCUT2D eigenvalue weighted by molar-refractivity contribution is 0.544. The van der Waals surface area contributed by atoms with E-state index in [1.807, 2.05) is 42.5 Å². The van der Waals surface area contributed by atoms with Gasteiger partial charge >= 0.3 is 0 Å². The van der Waals surface area contributed by atoms with Crippen molar-refractivity contribution in [2.75, 3.05) is 5.32 Å². The van der Waals surface area contributed by atoms with E-state index in [4.69, 9.17) is 10.8 Å². The highest BCUT2D eigenvalue weighted by Crippen LogP contribution is 2.31. The SMILES string of the molecule is C#Cc1cc2ncnc(Nc3ccc4nc(Cc5ccccc5)oc4c3)c2s1. The van der Waals surface area contributed by atoms with Gasteiger partial charge < -0.3 is 9.73 Å². The van der Waals surface area contributed by atoms with Crippen LogP contribution in [0.1, 0.15) is 16.3 Å². The molecule has 134 valence electrons. The summed E-state index contributed by atoms with van der Waals surface area (Å²) in [5, 5.41) is 3.34. The van der Waals surface area contributed by atoms with Gasteiger partial charge in [0.1, 0.15) is 11.8 Å².